The van der Waals surface area contributed by atoms with Crippen LogP contribution < -0.4 is 10.6 Å². The number of nitrogens with one attached hydrogen (secondary N) is 2. The molecule has 1 unspecified atom stereocenters. The predicted molar refractivity (Wildman–Crippen MR) is 172 cm³/mol. The van der Waals surface area contributed by atoms with Gasteiger partial charge in [-0.1, -0.05) is 54.6 Å². The Labute approximate surface area is 295 Å². The molecule has 1 aliphatic heterocycles. The van der Waals surface area contributed by atoms with E-state index in [4.69, 9.17) is 9.47 Å². The Bertz CT molecular complexity index is 2090. The van der Waals surface area contributed by atoms with Crippen molar-refractivity contribution in [1.29, 1.82) is 0 Å². The largest absolute Gasteiger partial charge is 0.454 e. The summed E-state index contributed by atoms with van der Waals surface area (Å²) in [6, 6.07) is 17.7. The Morgan fingerprint density at radius 1 is 0.623 bits per heavy atom. The third kappa shape index (κ3) is 8.87. The number of anilines is 2. The molecule has 274 valence electrons. The number of hydrogen-bond donors (Lipinski definition) is 2. The summed E-state index contributed by atoms with van der Waals surface area (Å²) in [5, 5.41) is 4.03. The van der Waals surface area contributed by atoms with Crippen molar-refractivity contribution in [3.63, 3.8) is 0 Å². The van der Waals surface area contributed by atoms with Gasteiger partial charge in [0.1, 0.15) is 6.04 Å². The third-order valence-electron chi connectivity index (χ3n) is 7.70. The number of benzene rings is 4. The zero-order chi connectivity index (χ0) is 38.5. The second-order valence-electron chi connectivity index (χ2n) is 11.3. The number of esters is 2. The monoisotopic (exact) mass is 741 g/mol. The van der Waals surface area contributed by atoms with Crippen molar-refractivity contribution in [2.45, 2.75) is 24.8 Å². The van der Waals surface area contributed by atoms with E-state index in [1.807, 2.05) is 10.6 Å². The highest BCUT2D eigenvalue weighted by Gasteiger charge is 2.44. The number of halogens is 6. The minimum atomic E-state index is -4.80. The first-order valence-corrected chi connectivity index (χ1v) is 15.4. The van der Waals surface area contributed by atoms with Crippen molar-refractivity contribution in [1.82, 2.24) is 4.90 Å². The molecule has 4 aromatic carbocycles. The van der Waals surface area contributed by atoms with Crippen LogP contribution in [0.3, 0.4) is 0 Å². The summed E-state index contributed by atoms with van der Waals surface area (Å²) in [6.07, 6.45) is -9.88. The second-order valence-corrected chi connectivity index (χ2v) is 11.3. The zero-order valence-corrected chi connectivity index (χ0v) is 26.9. The fourth-order valence-corrected chi connectivity index (χ4v) is 5.29. The lowest BCUT2D eigenvalue weighted by molar-refractivity contribution is -0.151. The number of alkyl halides is 6. The molecule has 0 fully saturated rings. The van der Waals surface area contributed by atoms with Crippen LogP contribution in [0.4, 0.5) is 37.7 Å². The van der Waals surface area contributed by atoms with E-state index in [0.29, 0.717) is 10.5 Å². The van der Waals surface area contributed by atoms with Gasteiger partial charge in [-0.15, -0.1) is 0 Å². The van der Waals surface area contributed by atoms with Crippen LogP contribution in [0.2, 0.25) is 0 Å². The van der Waals surface area contributed by atoms with Gasteiger partial charge in [-0.25, -0.2) is 9.59 Å². The average Bonchev–Trinajstić information content (AvgIpc) is 3.36. The van der Waals surface area contributed by atoms with Crippen molar-refractivity contribution >= 4 is 46.9 Å². The summed E-state index contributed by atoms with van der Waals surface area (Å²) in [5.74, 6) is -6.70. The van der Waals surface area contributed by atoms with E-state index >= 15 is 0 Å². The van der Waals surface area contributed by atoms with Crippen molar-refractivity contribution < 1.29 is 64.6 Å². The lowest BCUT2D eigenvalue weighted by Gasteiger charge is -2.24. The zero-order valence-electron chi connectivity index (χ0n) is 26.9. The molecular weight excluding hydrogens is 716 g/mol. The molecule has 11 nitrogen and oxygen atoms in total. The molecule has 1 atom stereocenters. The van der Waals surface area contributed by atoms with Gasteiger partial charge in [0.15, 0.2) is 13.2 Å². The molecule has 1 aliphatic rings. The Morgan fingerprint density at radius 3 is 1.66 bits per heavy atom. The topological polar surface area (TPSA) is 148 Å². The number of hydrogen-bond acceptors (Lipinski definition) is 8. The van der Waals surface area contributed by atoms with Crippen molar-refractivity contribution in [2.75, 3.05) is 23.8 Å². The van der Waals surface area contributed by atoms with Crippen LogP contribution in [0.5, 0.6) is 0 Å². The quantitative estimate of drug-likeness (QED) is 0.110. The fourth-order valence-electron chi connectivity index (χ4n) is 5.29. The predicted octanol–water partition coefficient (Wildman–Crippen LogP) is 5.91. The molecule has 17 heteroatoms. The van der Waals surface area contributed by atoms with Gasteiger partial charge in [0, 0.05) is 6.42 Å². The third-order valence-corrected chi connectivity index (χ3v) is 7.70. The first-order chi connectivity index (χ1) is 25.0. The molecule has 1 heterocycles. The van der Waals surface area contributed by atoms with Gasteiger partial charge in [-0.3, -0.25) is 24.1 Å². The van der Waals surface area contributed by atoms with Crippen LogP contribution in [0.15, 0.2) is 97.1 Å². The normalized spacial score (nSPS) is 13.2. The molecule has 0 aliphatic carbocycles. The minimum Gasteiger partial charge on any atom is -0.454 e. The van der Waals surface area contributed by atoms with E-state index in [1.54, 1.807) is 30.3 Å². The Morgan fingerprint density at radius 2 is 1.11 bits per heavy atom. The Kier molecular flexibility index (Phi) is 11.0. The molecule has 0 bridgehead atoms. The lowest BCUT2D eigenvalue weighted by atomic mass is 10.0. The maximum Gasteiger partial charge on any atom is 0.418 e. The van der Waals surface area contributed by atoms with Crippen LogP contribution in [-0.4, -0.2) is 59.7 Å². The van der Waals surface area contributed by atoms with Gasteiger partial charge in [-0.05, 0) is 48.0 Å². The number of carbonyl (C=O) groups excluding carboxylic acids is 6. The molecular formula is C36H25F6N3O8. The number of rotatable bonds is 11. The SMILES string of the molecule is O=C(COC(=O)c1ccc2c(c1)C(=O)N(C(Cc1ccccc1)C(=O)OCC(=O)Nc1ccccc1C(F)(F)F)C2=O)Nc1ccccc1C(F)(F)F. The number of nitrogens with zero attached hydrogens (tertiary/aromatic N) is 1. The number of para-hydroxylation sites is 2. The van der Waals surface area contributed by atoms with Crippen LogP contribution >= 0.6 is 0 Å². The number of ether oxygens (including phenoxy) is 2. The fraction of sp³-hybridized carbons (Fsp3) is 0.167. The second kappa shape index (κ2) is 15.4. The van der Waals surface area contributed by atoms with E-state index in [-0.39, 0.29) is 23.1 Å². The van der Waals surface area contributed by atoms with E-state index in [1.165, 1.54) is 12.1 Å². The van der Waals surface area contributed by atoms with E-state index in [2.05, 4.69) is 0 Å². The van der Waals surface area contributed by atoms with E-state index < -0.39 is 89.7 Å². The number of amides is 4. The number of fused-ring (bicyclic) bond motifs is 1. The lowest BCUT2D eigenvalue weighted by Crippen LogP contribution is -2.47. The summed E-state index contributed by atoms with van der Waals surface area (Å²) in [6.45, 7) is -2.09. The molecule has 0 aromatic heterocycles. The standard InChI is InChI=1S/C36H25F6N3O8/c37-35(38,39)24-10-4-6-12-26(24)43-29(46)18-52-33(50)21-14-15-22-23(17-21)32(49)45(31(22)48)28(16-20-8-2-1-3-9-20)34(51)53-19-30(47)44-27-13-7-5-11-25(27)36(40,41)42/h1-15,17,28H,16,18-19H2,(H,43,46)(H,44,47). The minimum absolute atomic E-state index is 0.236. The molecule has 5 rings (SSSR count). The molecule has 0 saturated carbocycles. The maximum atomic E-state index is 13.6. The van der Waals surface area contributed by atoms with Crippen molar-refractivity contribution in [3.8, 4) is 0 Å². The molecule has 4 amide bonds. The molecule has 4 aromatic rings. The molecule has 53 heavy (non-hydrogen) atoms. The number of imide groups is 1. The average molecular weight is 742 g/mol. The van der Waals surface area contributed by atoms with E-state index in [0.717, 1.165) is 54.6 Å². The van der Waals surface area contributed by atoms with Crippen molar-refractivity contribution in [3.05, 3.63) is 130 Å². The summed E-state index contributed by atoms with van der Waals surface area (Å²) in [4.78, 5) is 78.6. The van der Waals surface area contributed by atoms with Crippen LogP contribution in [0.25, 0.3) is 0 Å². The smallest absolute Gasteiger partial charge is 0.418 e. The van der Waals surface area contributed by atoms with Gasteiger partial charge < -0.3 is 20.1 Å². The highest BCUT2D eigenvalue weighted by atomic mass is 19.4. The van der Waals surface area contributed by atoms with Gasteiger partial charge in [0.2, 0.25) is 0 Å². The van der Waals surface area contributed by atoms with Gasteiger partial charge in [0.05, 0.1) is 39.2 Å². The van der Waals surface area contributed by atoms with Crippen molar-refractivity contribution in [2.24, 2.45) is 0 Å². The van der Waals surface area contributed by atoms with Crippen LogP contribution in [0, 0.1) is 0 Å². The Balaban J connectivity index is 1.29. The maximum absolute atomic E-state index is 13.6. The summed E-state index contributed by atoms with van der Waals surface area (Å²) < 4.78 is 89.8. The Hall–Kier alpha value is -6.52. The van der Waals surface area contributed by atoms with Gasteiger partial charge >= 0.3 is 24.3 Å². The molecule has 2 N–H and O–H groups in total. The van der Waals surface area contributed by atoms with Crippen LogP contribution in [0.1, 0.15) is 47.8 Å². The molecule has 0 spiro atoms. The summed E-state index contributed by atoms with van der Waals surface area (Å²) in [5.41, 5.74) is -3.90. The van der Waals surface area contributed by atoms with Gasteiger partial charge in [-0.2, -0.15) is 26.3 Å². The van der Waals surface area contributed by atoms with Gasteiger partial charge in [0.25, 0.3) is 23.6 Å². The molecule has 0 saturated heterocycles. The summed E-state index contributed by atoms with van der Waals surface area (Å²) in [7, 11) is 0. The van der Waals surface area contributed by atoms with Crippen LogP contribution in [-0.2, 0) is 42.6 Å². The summed E-state index contributed by atoms with van der Waals surface area (Å²) >= 11 is 0. The van der Waals surface area contributed by atoms with E-state index in [9.17, 15) is 55.1 Å². The first-order valence-electron chi connectivity index (χ1n) is 15.4. The number of carbonyl (C=O) groups is 6. The first kappa shape index (κ1) is 37.7. The highest BCUT2D eigenvalue weighted by Crippen LogP contribution is 2.36. The highest BCUT2D eigenvalue weighted by molar-refractivity contribution is 6.23. The molecule has 0 radical (unpaired) electrons.